The molecule has 2 aromatic rings. The van der Waals surface area contributed by atoms with Crippen LogP contribution in [0.3, 0.4) is 0 Å². The number of ether oxygens (including phenoxy) is 2. The monoisotopic (exact) mass is 489 g/mol. The topological polar surface area (TPSA) is 88.2 Å². The second-order valence-electron chi connectivity index (χ2n) is 7.68. The molecule has 1 N–H and O–H groups in total. The molecule has 1 unspecified atom stereocenters. The van der Waals surface area contributed by atoms with Crippen molar-refractivity contribution in [2.75, 3.05) is 45.7 Å². The molecule has 174 valence electrons. The van der Waals surface area contributed by atoms with Crippen LogP contribution in [0.15, 0.2) is 41.3 Å². The van der Waals surface area contributed by atoms with Crippen LogP contribution in [-0.4, -0.2) is 73.2 Å². The average molecular weight is 490 g/mol. The van der Waals surface area contributed by atoms with Crippen molar-refractivity contribution in [2.24, 2.45) is 0 Å². The molecule has 2 aliphatic rings. The molecule has 10 heteroatoms. The fourth-order valence-corrected chi connectivity index (χ4v) is 5.10. The minimum atomic E-state index is -0.505. The van der Waals surface area contributed by atoms with E-state index < -0.39 is 5.25 Å². The van der Waals surface area contributed by atoms with Crippen molar-refractivity contribution < 1.29 is 23.9 Å². The number of methoxy groups -OCH3 is 2. The van der Waals surface area contributed by atoms with Crippen LogP contribution in [0, 0.1) is 0 Å². The summed E-state index contributed by atoms with van der Waals surface area (Å²) >= 11 is 7.36. The Labute approximate surface area is 201 Å². The van der Waals surface area contributed by atoms with Gasteiger partial charge in [-0.1, -0.05) is 11.6 Å². The van der Waals surface area contributed by atoms with Crippen molar-refractivity contribution in [2.45, 2.75) is 16.6 Å². The summed E-state index contributed by atoms with van der Waals surface area (Å²) in [6, 6.07) is 10.4. The lowest BCUT2D eigenvalue weighted by Crippen LogP contribution is -2.51. The zero-order valence-corrected chi connectivity index (χ0v) is 19.9. The Hall–Kier alpha value is -2.91. The van der Waals surface area contributed by atoms with Crippen molar-refractivity contribution >= 4 is 46.8 Å². The number of piperazine rings is 1. The van der Waals surface area contributed by atoms with E-state index in [0.717, 1.165) is 4.90 Å². The minimum absolute atomic E-state index is 0.0960. The van der Waals surface area contributed by atoms with Crippen LogP contribution in [0.2, 0.25) is 5.02 Å². The molecule has 0 aliphatic carbocycles. The van der Waals surface area contributed by atoms with Crippen molar-refractivity contribution in [3.05, 3.63) is 47.0 Å². The summed E-state index contributed by atoms with van der Waals surface area (Å²) in [5.41, 5.74) is 1.12. The number of hydrogen-bond acceptors (Lipinski definition) is 6. The number of carbonyl (C=O) groups is 3. The molecule has 2 aliphatic heterocycles. The number of hydrogen-bond donors (Lipinski definition) is 1. The fourth-order valence-electron chi connectivity index (χ4n) is 3.85. The van der Waals surface area contributed by atoms with E-state index >= 15 is 0 Å². The molecule has 1 fully saturated rings. The predicted molar refractivity (Wildman–Crippen MR) is 126 cm³/mol. The largest absolute Gasteiger partial charge is 0.497 e. The standard InChI is InChI=1S/C23H24ClN3O5S/c1-31-15-4-5-16(18(12-15)32-2)23(30)27-9-7-26(8-10-27)21(28)13-20-22(29)25-17-11-14(24)3-6-19(17)33-20/h3-6,11-12,20H,7-10,13H2,1-2H3,(H,25,29). The maximum absolute atomic E-state index is 13.0. The van der Waals surface area contributed by atoms with Crippen LogP contribution in [0.4, 0.5) is 5.69 Å². The van der Waals surface area contributed by atoms with Crippen LogP contribution < -0.4 is 14.8 Å². The first kappa shape index (κ1) is 23.3. The van der Waals surface area contributed by atoms with E-state index in [9.17, 15) is 14.4 Å². The number of halogens is 1. The molecule has 33 heavy (non-hydrogen) atoms. The van der Waals surface area contributed by atoms with Crippen LogP contribution in [-0.2, 0) is 9.59 Å². The van der Waals surface area contributed by atoms with Gasteiger partial charge in [-0.05, 0) is 30.3 Å². The SMILES string of the molecule is COc1ccc(C(=O)N2CCN(C(=O)CC3Sc4ccc(Cl)cc4NC3=O)CC2)c(OC)c1. The third kappa shape index (κ3) is 5.04. The zero-order valence-electron chi connectivity index (χ0n) is 18.3. The molecule has 2 heterocycles. The fraction of sp³-hybridized carbons (Fsp3) is 0.348. The van der Waals surface area contributed by atoms with Crippen molar-refractivity contribution in [1.29, 1.82) is 0 Å². The van der Waals surface area contributed by atoms with Gasteiger partial charge in [0.15, 0.2) is 0 Å². The highest BCUT2D eigenvalue weighted by Gasteiger charge is 2.32. The van der Waals surface area contributed by atoms with Gasteiger partial charge < -0.3 is 24.6 Å². The summed E-state index contributed by atoms with van der Waals surface area (Å²) in [5.74, 6) is 0.589. The Bertz CT molecular complexity index is 1090. The molecule has 4 rings (SSSR count). The van der Waals surface area contributed by atoms with Crippen LogP contribution in [0.5, 0.6) is 11.5 Å². The summed E-state index contributed by atoms with van der Waals surface area (Å²) in [6.07, 6.45) is 0.0960. The molecule has 3 amide bonds. The number of nitrogens with zero attached hydrogens (tertiary/aromatic N) is 2. The number of benzene rings is 2. The summed E-state index contributed by atoms with van der Waals surface area (Å²) in [5, 5.41) is 2.87. The Morgan fingerprint density at radius 3 is 2.48 bits per heavy atom. The van der Waals surface area contributed by atoms with Gasteiger partial charge in [0.25, 0.3) is 5.91 Å². The number of nitrogens with one attached hydrogen (secondary N) is 1. The lowest BCUT2D eigenvalue weighted by molar-refractivity contribution is -0.134. The van der Waals surface area contributed by atoms with Gasteiger partial charge in [-0.25, -0.2) is 0 Å². The van der Waals surface area contributed by atoms with Gasteiger partial charge in [0.2, 0.25) is 11.8 Å². The number of fused-ring (bicyclic) bond motifs is 1. The molecule has 0 saturated carbocycles. The first-order chi connectivity index (χ1) is 15.9. The molecule has 1 atom stereocenters. The molecular formula is C23H24ClN3O5S. The number of carbonyl (C=O) groups excluding carboxylic acids is 3. The Balaban J connectivity index is 1.34. The summed E-state index contributed by atoms with van der Waals surface area (Å²) in [4.78, 5) is 42.6. The van der Waals surface area contributed by atoms with Gasteiger partial charge in [-0.15, -0.1) is 11.8 Å². The average Bonchev–Trinajstić information content (AvgIpc) is 2.83. The van der Waals surface area contributed by atoms with E-state index in [4.69, 9.17) is 21.1 Å². The molecule has 0 radical (unpaired) electrons. The van der Waals surface area contributed by atoms with Gasteiger partial charge in [-0.2, -0.15) is 0 Å². The molecule has 0 aromatic heterocycles. The lowest BCUT2D eigenvalue weighted by atomic mass is 10.1. The summed E-state index contributed by atoms with van der Waals surface area (Å²) in [6.45, 7) is 1.64. The molecule has 8 nitrogen and oxygen atoms in total. The number of rotatable bonds is 5. The lowest BCUT2D eigenvalue weighted by Gasteiger charge is -2.35. The smallest absolute Gasteiger partial charge is 0.257 e. The number of thioether (sulfide) groups is 1. The molecule has 2 aromatic carbocycles. The zero-order chi connectivity index (χ0) is 23.5. The molecule has 0 bridgehead atoms. The minimum Gasteiger partial charge on any atom is -0.497 e. The van der Waals surface area contributed by atoms with E-state index in [0.29, 0.717) is 54.0 Å². The van der Waals surface area contributed by atoms with E-state index in [1.54, 1.807) is 47.2 Å². The highest BCUT2D eigenvalue weighted by Crippen LogP contribution is 2.38. The van der Waals surface area contributed by atoms with Crippen molar-refractivity contribution in [3.63, 3.8) is 0 Å². The van der Waals surface area contributed by atoms with Crippen LogP contribution >= 0.6 is 23.4 Å². The third-order valence-electron chi connectivity index (χ3n) is 5.68. The van der Waals surface area contributed by atoms with Gasteiger partial charge in [-0.3, -0.25) is 14.4 Å². The van der Waals surface area contributed by atoms with E-state index in [1.807, 2.05) is 6.07 Å². The van der Waals surface area contributed by atoms with Crippen molar-refractivity contribution in [3.8, 4) is 11.5 Å². The molecule has 0 spiro atoms. The van der Waals surface area contributed by atoms with E-state index in [2.05, 4.69) is 5.32 Å². The van der Waals surface area contributed by atoms with Crippen molar-refractivity contribution in [1.82, 2.24) is 9.80 Å². The summed E-state index contributed by atoms with van der Waals surface area (Å²) < 4.78 is 10.5. The van der Waals surface area contributed by atoms with Crippen LogP contribution in [0.25, 0.3) is 0 Å². The van der Waals surface area contributed by atoms with Gasteiger partial charge >= 0.3 is 0 Å². The van der Waals surface area contributed by atoms with Gasteiger partial charge in [0.05, 0.1) is 30.7 Å². The van der Waals surface area contributed by atoms with Gasteiger partial charge in [0, 0.05) is 48.6 Å². The Morgan fingerprint density at radius 2 is 1.79 bits per heavy atom. The van der Waals surface area contributed by atoms with E-state index in [-0.39, 0.29) is 24.1 Å². The predicted octanol–water partition coefficient (Wildman–Crippen LogP) is 3.14. The second kappa shape index (κ2) is 9.93. The van der Waals surface area contributed by atoms with Gasteiger partial charge in [0.1, 0.15) is 11.5 Å². The number of anilines is 1. The highest BCUT2D eigenvalue weighted by atomic mass is 35.5. The Morgan fingerprint density at radius 1 is 1.06 bits per heavy atom. The van der Waals surface area contributed by atoms with Crippen LogP contribution in [0.1, 0.15) is 16.8 Å². The summed E-state index contributed by atoms with van der Waals surface area (Å²) in [7, 11) is 3.06. The first-order valence-electron chi connectivity index (χ1n) is 10.5. The third-order valence-corrected chi connectivity index (χ3v) is 7.19. The molecular weight excluding hydrogens is 466 g/mol. The highest BCUT2D eigenvalue weighted by molar-refractivity contribution is 8.01. The second-order valence-corrected chi connectivity index (χ2v) is 9.36. The maximum atomic E-state index is 13.0. The number of amides is 3. The molecule has 1 saturated heterocycles. The Kier molecular flexibility index (Phi) is 6.99. The maximum Gasteiger partial charge on any atom is 0.257 e. The van der Waals surface area contributed by atoms with E-state index in [1.165, 1.54) is 18.9 Å². The first-order valence-corrected chi connectivity index (χ1v) is 11.7. The quantitative estimate of drug-likeness (QED) is 0.694. The normalized spacial score (nSPS) is 17.8.